The van der Waals surface area contributed by atoms with E-state index < -0.39 is 15.9 Å². The van der Waals surface area contributed by atoms with Gasteiger partial charge in [0.15, 0.2) is 0 Å². The van der Waals surface area contributed by atoms with E-state index in [4.69, 9.17) is 0 Å². The Morgan fingerprint density at radius 3 is 2.50 bits per heavy atom. The number of benzene rings is 1. The van der Waals surface area contributed by atoms with Crippen molar-refractivity contribution in [2.24, 2.45) is 0 Å². The summed E-state index contributed by atoms with van der Waals surface area (Å²) in [6.07, 6.45) is 0. The smallest absolute Gasteiger partial charge is 0.240 e. The van der Waals surface area contributed by atoms with E-state index in [-0.39, 0.29) is 16.3 Å². The molecule has 1 rings (SSSR count). The van der Waals surface area contributed by atoms with Gasteiger partial charge in [0.2, 0.25) is 15.9 Å². The fourth-order valence-corrected chi connectivity index (χ4v) is 1.85. The molecule has 0 saturated heterocycles. The molecule has 16 heavy (non-hydrogen) atoms. The predicted molar refractivity (Wildman–Crippen MR) is 58.7 cm³/mol. The molecule has 0 bridgehead atoms. The van der Waals surface area contributed by atoms with Crippen molar-refractivity contribution < 1.29 is 18.3 Å². The van der Waals surface area contributed by atoms with E-state index in [1.165, 1.54) is 32.2 Å². The van der Waals surface area contributed by atoms with E-state index in [0.717, 1.165) is 0 Å². The maximum absolute atomic E-state index is 11.4. The number of aromatic hydroxyl groups is 1. The highest BCUT2D eigenvalue weighted by Gasteiger charge is 2.14. The van der Waals surface area contributed by atoms with Crippen molar-refractivity contribution in [3.8, 4) is 5.75 Å². The average molecular weight is 244 g/mol. The maximum Gasteiger partial charge on any atom is 0.240 e. The summed E-state index contributed by atoms with van der Waals surface area (Å²) >= 11 is 0. The minimum Gasteiger partial charge on any atom is -0.506 e. The molecule has 0 aliphatic rings. The molecule has 0 unspecified atom stereocenters. The summed E-state index contributed by atoms with van der Waals surface area (Å²) in [7, 11) is -2.31. The number of hydrogen-bond acceptors (Lipinski definition) is 4. The van der Waals surface area contributed by atoms with Gasteiger partial charge in [-0.15, -0.1) is 0 Å². The molecule has 0 aliphatic heterocycles. The van der Waals surface area contributed by atoms with Gasteiger partial charge < -0.3 is 10.4 Å². The number of carbonyl (C=O) groups is 1. The van der Waals surface area contributed by atoms with Gasteiger partial charge in [-0.3, -0.25) is 4.79 Å². The Morgan fingerprint density at radius 2 is 2.00 bits per heavy atom. The lowest BCUT2D eigenvalue weighted by molar-refractivity contribution is -0.114. The molecule has 0 radical (unpaired) electrons. The molecule has 0 saturated carbocycles. The van der Waals surface area contributed by atoms with E-state index in [9.17, 15) is 18.3 Å². The Bertz CT molecular complexity index is 510. The van der Waals surface area contributed by atoms with Crippen molar-refractivity contribution in [1.82, 2.24) is 4.72 Å². The first-order chi connectivity index (χ1) is 7.36. The molecule has 6 nitrogen and oxygen atoms in total. The van der Waals surface area contributed by atoms with Gasteiger partial charge in [-0.1, -0.05) is 0 Å². The van der Waals surface area contributed by atoms with Crippen molar-refractivity contribution in [3.05, 3.63) is 18.2 Å². The van der Waals surface area contributed by atoms with E-state index in [2.05, 4.69) is 10.0 Å². The number of hydrogen-bond donors (Lipinski definition) is 3. The minimum atomic E-state index is -3.59. The molecule has 88 valence electrons. The van der Waals surface area contributed by atoms with Gasteiger partial charge in [0, 0.05) is 6.92 Å². The van der Waals surface area contributed by atoms with Crippen LogP contribution in [0.2, 0.25) is 0 Å². The summed E-state index contributed by atoms with van der Waals surface area (Å²) in [6, 6.07) is 3.63. The standard InChI is InChI=1S/C9H12N2O4S/c1-6(12)11-8-5-7(3-4-9(8)13)16(14,15)10-2/h3-5,10,13H,1-2H3,(H,11,12). The second-order valence-corrected chi connectivity index (χ2v) is 4.95. The van der Waals surface area contributed by atoms with Crippen LogP contribution in [-0.4, -0.2) is 26.5 Å². The monoisotopic (exact) mass is 244 g/mol. The Hall–Kier alpha value is -1.60. The molecule has 0 atom stereocenters. The predicted octanol–water partition coefficient (Wildman–Crippen LogP) is 0.259. The molecule has 1 amide bonds. The average Bonchev–Trinajstić information content (AvgIpc) is 2.20. The zero-order chi connectivity index (χ0) is 12.3. The van der Waals surface area contributed by atoms with Crippen LogP contribution in [0.5, 0.6) is 5.75 Å². The summed E-state index contributed by atoms with van der Waals surface area (Å²) in [5.41, 5.74) is 0.0591. The number of anilines is 1. The van der Waals surface area contributed by atoms with Crippen molar-refractivity contribution in [1.29, 1.82) is 0 Å². The lowest BCUT2D eigenvalue weighted by Gasteiger charge is -2.08. The second kappa shape index (κ2) is 4.50. The lowest BCUT2D eigenvalue weighted by Crippen LogP contribution is -2.18. The second-order valence-electron chi connectivity index (χ2n) is 3.07. The van der Waals surface area contributed by atoms with Crippen LogP contribution < -0.4 is 10.0 Å². The van der Waals surface area contributed by atoms with Gasteiger partial charge in [0.1, 0.15) is 5.75 Å². The summed E-state index contributed by atoms with van der Waals surface area (Å²) in [6.45, 7) is 1.26. The van der Waals surface area contributed by atoms with Gasteiger partial charge in [0.25, 0.3) is 0 Å². The fourth-order valence-electron chi connectivity index (χ4n) is 1.09. The number of amides is 1. The Labute approximate surface area is 93.3 Å². The van der Waals surface area contributed by atoms with Crippen molar-refractivity contribution in [2.75, 3.05) is 12.4 Å². The molecule has 1 aromatic rings. The van der Waals surface area contributed by atoms with Crippen molar-refractivity contribution >= 4 is 21.6 Å². The van der Waals surface area contributed by atoms with Crippen molar-refractivity contribution in [3.63, 3.8) is 0 Å². The fraction of sp³-hybridized carbons (Fsp3) is 0.222. The molecule has 0 fully saturated rings. The third kappa shape index (κ3) is 2.71. The number of sulfonamides is 1. The molecule has 0 aliphatic carbocycles. The molecule has 1 aromatic carbocycles. The normalized spacial score (nSPS) is 11.1. The number of rotatable bonds is 3. The highest BCUT2D eigenvalue weighted by Crippen LogP contribution is 2.26. The van der Waals surface area contributed by atoms with E-state index >= 15 is 0 Å². The van der Waals surface area contributed by atoms with Crippen LogP contribution in [0.25, 0.3) is 0 Å². The molecular formula is C9H12N2O4S. The number of phenolic OH excluding ortho intramolecular Hbond substituents is 1. The van der Waals surface area contributed by atoms with Crippen LogP contribution in [0.15, 0.2) is 23.1 Å². The zero-order valence-electron chi connectivity index (χ0n) is 8.81. The molecule has 0 aromatic heterocycles. The maximum atomic E-state index is 11.4. The largest absolute Gasteiger partial charge is 0.506 e. The van der Waals surface area contributed by atoms with Crippen LogP contribution in [0.4, 0.5) is 5.69 Å². The Balaban J connectivity index is 3.22. The van der Waals surface area contributed by atoms with Crippen LogP contribution in [0.1, 0.15) is 6.92 Å². The highest BCUT2D eigenvalue weighted by atomic mass is 32.2. The number of phenols is 1. The van der Waals surface area contributed by atoms with Crippen LogP contribution in [0, 0.1) is 0 Å². The van der Waals surface area contributed by atoms with Crippen LogP contribution in [-0.2, 0) is 14.8 Å². The molecule has 7 heteroatoms. The van der Waals surface area contributed by atoms with E-state index in [1.54, 1.807) is 0 Å². The molecule has 0 heterocycles. The topological polar surface area (TPSA) is 95.5 Å². The summed E-state index contributed by atoms with van der Waals surface area (Å²) in [5.74, 6) is -0.584. The summed E-state index contributed by atoms with van der Waals surface area (Å²) in [5, 5.41) is 11.7. The molecule has 3 N–H and O–H groups in total. The first-order valence-corrected chi connectivity index (χ1v) is 5.89. The minimum absolute atomic E-state index is 0.0310. The first-order valence-electron chi connectivity index (χ1n) is 4.41. The Morgan fingerprint density at radius 1 is 1.38 bits per heavy atom. The third-order valence-corrected chi connectivity index (χ3v) is 3.27. The molecular weight excluding hydrogens is 232 g/mol. The van der Waals surface area contributed by atoms with Crippen LogP contribution >= 0.6 is 0 Å². The first kappa shape index (κ1) is 12.5. The van der Waals surface area contributed by atoms with Gasteiger partial charge in [0.05, 0.1) is 10.6 Å². The molecule has 0 spiro atoms. The van der Waals surface area contributed by atoms with Gasteiger partial charge in [-0.05, 0) is 25.2 Å². The van der Waals surface area contributed by atoms with Gasteiger partial charge in [-0.2, -0.15) is 0 Å². The summed E-state index contributed by atoms with van der Waals surface area (Å²) < 4.78 is 25.0. The zero-order valence-corrected chi connectivity index (χ0v) is 9.63. The Kier molecular flexibility index (Phi) is 3.51. The van der Waals surface area contributed by atoms with Gasteiger partial charge >= 0.3 is 0 Å². The van der Waals surface area contributed by atoms with E-state index in [0.29, 0.717) is 0 Å². The van der Waals surface area contributed by atoms with Crippen molar-refractivity contribution in [2.45, 2.75) is 11.8 Å². The highest BCUT2D eigenvalue weighted by molar-refractivity contribution is 7.89. The van der Waals surface area contributed by atoms with Crippen LogP contribution in [0.3, 0.4) is 0 Å². The summed E-state index contributed by atoms with van der Waals surface area (Å²) in [4.78, 5) is 10.8. The van der Waals surface area contributed by atoms with E-state index in [1.807, 2.05) is 0 Å². The SMILES string of the molecule is CNS(=O)(=O)c1ccc(O)c(NC(C)=O)c1. The lowest BCUT2D eigenvalue weighted by atomic mass is 10.3. The van der Waals surface area contributed by atoms with Gasteiger partial charge in [-0.25, -0.2) is 13.1 Å². The number of carbonyl (C=O) groups excluding carboxylic acids is 1. The quantitative estimate of drug-likeness (QED) is 0.664. The number of nitrogens with one attached hydrogen (secondary N) is 2. The third-order valence-electron chi connectivity index (χ3n) is 1.86.